The summed E-state index contributed by atoms with van der Waals surface area (Å²) in [7, 11) is 8.71. The van der Waals surface area contributed by atoms with Gasteiger partial charge in [-0.15, -0.1) is 18.5 Å². The SMILES string of the molecule is COc1cc(P)c(-c2c(P)cc(OC)nc2C)c(C)n1. The maximum absolute atomic E-state index is 5.20. The summed E-state index contributed by atoms with van der Waals surface area (Å²) in [5.41, 5.74) is 3.95. The molecule has 0 spiro atoms. The molecule has 2 aromatic heterocycles. The van der Waals surface area contributed by atoms with Gasteiger partial charge in [-0.25, -0.2) is 9.97 Å². The third-order valence-corrected chi connectivity index (χ3v) is 3.99. The fraction of sp³-hybridized carbons (Fsp3) is 0.286. The lowest BCUT2D eigenvalue weighted by Gasteiger charge is -2.16. The van der Waals surface area contributed by atoms with Crippen LogP contribution in [-0.4, -0.2) is 24.2 Å². The van der Waals surface area contributed by atoms with E-state index in [2.05, 4.69) is 28.4 Å². The highest BCUT2D eigenvalue weighted by atomic mass is 31.0. The Hall–Kier alpha value is -1.24. The number of nitrogens with zero attached hydrogens (tertiary/aromatic N) is 2. The van der Waals surface area contributed by atoms with Gasteiger partial charge in [0.25, 0.3) is 0 Å². The maximum atomic E-state index is 5.20. The van der Waals surface area contributed by atoms with Gasteiger partial charge in [-0.3, -0.25) is 0 Å². The van der Waals surface area contributed by atoms with Crippen molar-refractivity contribution in [2.24, 2.45) is 0 Å². The Balaban J connectivity index is 2.69. The molecule has 0 aliphatic heterocycles. The summed E-state index contributed by atoms with van der Waals surface area (Å²) in [5, 5.41) is 2.07. The Morgan fingerprint density at radius 2 is 1.15 bits per heavy atom. The summed E-state index contributed by atoms with van der Waals surface area (Å²) in [6, 6.07) is 3.81. The molecule has 20 heavy (non-hydrogen) atoms. The van der Waals surface area contributed by atoms with Crippen LogP contribution < -0.4 is 20.1 Å². The van der Waals surface area contributed by atoms with Crippen LogP contribution in [-0.2, 0) is 0 Å². The van der Waals surface area contributed by atoms with Crippen molar-refractivity contribution in [2.45, 2.75) is 13.8 Å². The van der Waals surface area contributed by atoms with Crippen LogP contribution in [0.2, 0.25) is 0 Å². The van der Waals surface area contributed by atoms with Crippen molar-refractivity contribution >= 4 is 29.1 Å². The van der Waals surface area contributed by atoms with E-state index in [-0.39, 0.29) is 0 Å². The molecular formula is C14H18N2O2P2. The van der Waals surface area contributed by atoms with E-state index in [0.29, 0.717) is 11.8 Å². The van der Waals surface area contributed by atoms with Crippen molar-refractivity contribution in [3.05, 3.63) is 23.5 Å². The van der Waals surface area contributed by atoms with Crippen LogP contribution >= 0.6 is 18.5 Å². The standard InChI is InChI=1S/C14H18N2O2P2/c1-7-13(9(19)5-11(15-7)17-3)14-8(2)16-12(18-4)6-10(14)20/h5-6H,19-20H2,1-4H3. The third-order valence-electron chi connectivity index (χ3n) is 3.08. The molecule has 0 bridgehead atoms. The lowest BCUT2D eigenvalue weighted by atomic mass is 10.0. The van der Waals surface area contributed by atoms with Gasteiger partial charge in [0.2, 0.25) is 11.8 Å². The van der Waals surface area contributed by atoms with Gasteiger partial charge in [-0.2, -0.15) is 0 Å². The van der Waals surface area contributed by atoms with Crippen LogP contribution in [0.1, 0.15) is 11.4 Å². The average molecular weight is 308 g/mol. The summed E-state index contributed by atoms with van der Waals surface area (Å²) < 4.78 is 10.4. The molecule has 0 amide bonds. The lowest BCUT2D eigenvalue weighted by Crippen LogP contribution is -2.12. The molecule has 2 heterocycles. The number of hydrogen-bond acceptors (Lipinski definition) is 4. The topological polar surface area (TPSA) is 44.2 Å². The number of ether oxygens (including phenoxy) is 2. The van der Waals surface area contributed by atoms with Crippen LogP contribution in [0.25, 0.3) is 11.1 Å². The summed E-state index contributed by atoms with van der Waals surface area (Å²) in [4.78, 5) is 8.90. The second-order valence-corrected chi connectivity index (χ2v) is 5.67. The number of rotatable bonds is 3. The molecule has 2 rings (SSSR count). The van der Waals surface area contributed by atoms with Crippen molar-refractivity contribution in [1.29, 1.82) is 0 Å². The van der Waals surface area contributed by atoms with Crippen LogP contribution in [0.3, 0.4) is 0 Å². The Bertz CT molecular complexity index is 556. The second-order valence-electron chi connectivity index (χ2n) is 4.43. The van der Waals surface area contributed by atoms with Crippen LogP contribution in [0.4, 0.5) is 0 Å². The highest BCUT2D eigenvalue weighted by Crippen LogP contribution is 2.28. The van der Waals surface area contributed by atoms with Crippen LogP contribution in [0, 0.1) is 13.8 Å². The first-order valence-electron chi connectivity index (χ1n) is 6.10. The van der Waals surface area contributed by atoms with E-state index in [0.717, 1.165) is 33.1 Å². The van der Waals surface area contributed by atoms with E-state index in [1.807, 2.05) is 26.0 Å². The predicted octanol–water partition coefficient (Wildman–Crippen LogP) is 1.78. The van der Waals surface area contributed by atoms with Crippen LogP contribution in [0.5, 0.6) is 11.8 Å². The van der Waals surface area contributed by atoms with Gasteiger partial charge in [-0.05, 0) is 24.5 Å². The smallest absolute Gasteiger partial charge is 0.213 e. The van der Waals surface area contributed by atoms with E-state index in [1.54, 1.807) is 14.2 Å². The molecule has 106 valence electrons. The van der Waals surface area contributed by atoms with Crippen LogP contribution in [0.15, 0.2) is 12.1 Å². The van der Waals surface area contributed by atoms with Crippen molar-refractivity contribution in [3.63, 3.8) is 0 Å². The normalized spacial score (nSPS) is 10.5. The fourth-order valence-electron chi connectivity index (χ4n) is 2.19. The third kappa shape index (κ3) is 2.77. The molecule has 0 aromatic carbocycles. The Labute approximate surface area is 123 Å². The summed E-state index contributed by atoms with van der Waals surface area (Å²) >= 11 is 0. The van der Waals surface area contributed by atoms with Gasteiger partial charge in [0.1, 0.15) is 0 Å². The second kappa shape index (κ2) is 6.03. The molecule has 0 aliphatic carbocycles. The van der Waals surface area contributed by atoms with E-state index < -0.39 is 0 Å². The molecule has 0 saturated carbocycles. The Morgan fingerprint density at radius 3 is 1.40 bits per heavy atom. The summed E-state index contributed by atoms with van der Waals surface area (Å²) in [6.45, 7) is 3.94. The van der Waals surface area contributed by atoms with Crippen molar-refractivity contribution < 1.29 is 9.47 Å². The molecule has 0 saturated heterocycles. The van der Waals surface area contributed by atoms with Crippen molar-refractivity contribution in [3.8, 4) is 22.9 Å². The van der Waals surface area contributed by atoms with E-state index in [1.165, 1.54) is 0 Å². The Kier molecular flexibility index (Phi) is 4.57. The maximum Gasteiger partial charge on any atom is 0.213 e. The summed E-state index contributed by atoms with van der Waals surface area (Å²) in [6.07, 6.45) is 0. The van der Waals surface area contributed by atoms with Gasteiger partial charge in [-0.1, -0.05) is 0 Å². The van der Waals surface area contributed by atoms with E-state index >= 15 is 0 Å². The minimum Gasteiger partial charge on any atom is -0.481 e. The highest BCUT2D eigenvalue weighted by Gasteiger charge is 2.16. The zero-order valence-electron chi connectivity index (χ0n) is 12.0. The Morgan fingerprint density at radius 1 is 0.800 bits per heavy atom. The first-order chi connectivity index (χ1) is 9.47. The molecule has 0 fully saturated rings. The fourth-order valence-corrected chi connectivity index (χ4v) is 3.19. The number of aromatic nitrogens is 2. The quantitative estimate of drug-likeness (QED) is 0.811. The zero-order chi connectivity index (χ0) is 14.9. The molecule has 2 aromatic rings. The van der Waals surface area contributed by atoms with E-state index in [9.17, 15) is 0 Å². The van der Waals surface area contributed by atoms with Gasteiger partial charge in [0.15, 0.2) is 0 Å². The van der Waals surface area contributed by atoms with Gasteiger partial charge >= 0.3 is 0 Å². The highest BCUT2D eigenvalue weighted by molar-refractivity contribution is 7.29. The first-order valence-corrected chi connectivity index (χ1v) is 7.26. The predicted molar refractivity (Wildman–Crippen MR) is 88.7 cm³/mol. The average Bonchev–Trinajstić information content (AvgIpc) is 2.40. The molecule has 2 atom stereocenters. The van der Waals surface area contributed by atoms with Crippen molar-refractivity contribution in [2.75, 3.05) is 14.2 Å². The van der Waals surface area contributed by atoms with E-state index in [4.69, 9.17) is 9.47 Å². The number of aryl methyl sites for hydroxylation is 2. The molecule has 0 radical (unpaired) electrons. The van der Waals surface area contributed by atoms with Gasteiger partial charge in [0, 0.05) is 34.6 Å². The molecule has 0 aliphatic rings. The molecular weight excluding hydrogens is 290 g/mol. The summed E-state index contributed by atoms with van der Waals surface area (Å²) in [5.74, 6) is 1.22. The van der Waals surface area contributed by atoms with Gasteiger partial charge < -0.3 is 9.47 Å². The monoisotopic (exact) mass is 308 g/mol. The zero-order valence-corrected chi connectivity index (χ0v) is 14.3. The first kappa shape index (κ1) is 15.2. The minimum absolute atomic E-state index is 0.612. The molecule has 6 heteroatoms. The molecule has 0 N–H and O–H groups in total. The number of hydrogen-bond donors (Lipinski definition) is 0. The molecule has 4 nitrogen and oxygen atoms in total. The van der Waals surface area contributed by atoms with Gasteiger partial charge in [0.05, 0.1) is 14.2 Å². The minimum atomic E-state index is 0.612. The molecule has 2 unspecified atom stereocenters. The number of pyridine rings is 2. The number of methoxy groups -OCH3 is 2. The lowest BCUT2D eigenvalue weighted by molar-refractivity contribution is 0.397. The van der Waals surface area contributed by atoms with Crippen molar-refractivity contribution in [1.82, 2.24) is 9.97 Å². The largest absolute Gasteiger partial charge is 0.481 e.